The van der Waals surface area contributed by atoms with E-state index >= 15 is 0 Å². The van der Waals surface area contributed by atoms with Crippen LogP contribution in [0.25, 0.3) is 0 Å². The molecule has 2 rings (SSSR count). The van der Waals surface area contributed by atoms with E-state index in [-0.39, 0.29) is 0 Å². The first-order chi connectivity index (χ1) is 8.59. The van der Waals surface area contributed by atoms with E-state index in [1.807, 2.05) is 0 Å². The molecule has 0 radical (unpaired) electrons. The Labute approximate surface area is 113 Å². The van der Waals surface area contributed by atoms with Crippen LogP contribution in [0.3, 0.4) is 0 Å². The Morgan fingerprint density at radius 3 is 2.50 bits per heavy atom. The lowest BCUT2D eigenvalue weighted by molar-refractivity contribution is 0.299. The minimum Gasteiger partial charge on any atom is -0.368 e. The second kappa shape index (κ2) is 5.95. The van der Waals surface area contributed by atoms with Crippen molar-refractivity contribution in [3.8, 4) is 0 Å². The predicted molar refractivity (Wildman–Crippen MR) is 79.0 cm³/mol. The van der Waals surface area contributed by atoms with Crippen molar-refractivity contribution in [2.45, 2.75) is 59.8 Å². The normalized spacial score (nSPS) is 29.0. The third kappa shape index (κ3) is 2.99. The fourth-order valence-corrected chi connectivity index (χ4v) is 3.57. The molecule has 0 saturated heterocycles. The van der Waals surface area contributed by atoms with Crippen molar-refractivity contribution in [3.05, 3.63) is 23.5 Å². The Morgan fingerprint density at radius 1 is 1.06 bits per heavy atom. The summed E-state index contributed by atoms with van der Waals surface area (Å²) in [6, 6.07) is 0. The van der Waals surface area contributed by atoms with E-state index in [0.29, 0.717) is 5.92 Å². The average Bonchev–Trinajstić information content (AvgIpc) is 2.28. The smallest absolute Gasteiger partial charge is 0.00443 e. The summed E-state index contributed by atoms with van der Waals surface area (Å²) < 4.78 is 0. The molecule has 0 amide bonds. The molecule has 0 aromatic carbocycles. The number of dihydropyridines is 1. The monoisotopic (exact) mass is 247 g/mol. The van der Waals surface area contributed by atoms with Gasteiger partial charge in [0.15, 0.2) is 0 Å². The molecular weight excluding hydrogens is 218 g/mol. The van der Waals surface area contributed by atoms with Crippen LogP contribution in [0.1, 0.15) is 59.8 Å². The van der Waals surface area contributed by atoms with Crippen molar-refractivity contribution in [3.63, 3.8) is 0 Å². The lowest BCUT2D eigenvalue weighted by Gasteiger charge is -2.33. The summed E-state index contributed by atoms with van der Waals surface area (Å²) >= 11 is 0. The van der Waals surface area contributed by atoms with Crippen molar-refractivity contribution in [2.24, 2.45) is 23.7 Å². The third-order valence-corrected chi connectivity index (χ3v) is 4.85. The molecule has 2 unspecified atom stereocenters. The first kappa shape index (κ1) is 13.7. The maximum atomic E-state index is 3.38. The van der Waals surface area contributed by atoms with Gasteiger partial charge in [-0.25, -0.2) is 0 Å². The van der Waals surface area contributed by atoms with Crippen LogP contribution in [-0.4, -0.2) is 0 Å². The molecule has 1 heterocycles. The largest absolute Gasteiger partial charge is 0.368 e. The Morgan fingerprint density at radius 2 is 1.83 bits per heavy atom. The highest BCUT2D eigenvalue weighted by molar-refractivity contribution is 5.27. The zero-order chi connectivity index (χ0) is 13.1. The second-order valence-electron chi connectivity index (χ2n) is 6.71. The van der Waals surface area contributed by atoms with Gasteiger partial charge in [0, 0.05) is 18.3 Å². The van der Waals surface area contributed by atoms with E-state index in [0.717, 1.165) is 17.8 Å². The van der Waals surface area contributed by atoms with Crippen molar-refractivity contribution < 1.29 is 0 Å². The van der Waals surface area contributed by atoms with Gasteiger partial charge in [0.1, 0.15) is 0 Å². The van der Waals surface area contributed by atoms with Crippen LogP contribution in [0.5, 0.6) is 0 Å². The molecule has 102 valence electrons. The molecule has 2 atom stereocenters. The van der Waals surface area contributed by atoms with Crippen molar-refractivity contribution in [2.75, 3.05) is 0 Å². The fraction of sp³-hybridized carbons (Fsp3) is 0.765. The van der Waals surface area contributed by atoms with Crippen LogP contribution in [0.15, 0.2) is 23.5 Å². The molecule has 18 heavy (non-hydrogen) atoms. The van der Waals surface area contributed by atoms with Crippen LogP contribution < -0.4 is 5.32 Å². The Hall–Kier alpha value is -0.720. The fourth-order valence-electron chi connectivity index (χ4n) is 3.57. The van der Waals surface area contributed by atoms with Gasteiger partial charge >= 0.3 is 0 Å². The van der Waals surface area contributed by atoms with Crippen LogP contribution >= 0.6 is 0 Å². The molecule has 1 saturated carbocycles. The van der Waals surface area contributed by atoms with Crippen LogP contribution in [0, 0.1) is 23.7 Å². The summed E-state index contributed by atoms with van der Waals surface area (Å²) in [6.07, 6.45) is 11.4. The van der Waals surface area contributed by atoms with E-state index in [2.05, 4.69) is 45.4 Å². The molecule has 1 aliphatic heterocycles. The van der Waals surface area contributed by atoms with Gasteiger partial charge in [-0.1, -0.05) is 40.5 Å². The first-order valence-electron chi connectivity index (χ1n) is 7.74. The number of nitrogens with one attached hydrogen (secondary N) is 1. The maximum Gasteiger partial charge on any atom is 0.00443 e. The van der Waals surface area contributed by atoms with Crippen molar-refractivity contribution >= 4 is 0 Å². The highest BCUT2D eigenvalue weighted by atomic mass is 14.8. The van der Waals surface area contributed by atoms with E-state index in [4.69, 9.17) is 0 Å². The van der Waals surface area contributed by atoms with Crippen LogP contribution in [0.4, 0.5) is 0 Å². The molecular formula is C17H29N. The number of hydrogen-bond donors (Lipinski definition) is 1. The standard InChI is InChI=1S/C17H29N/c1-12(2)14-6-5-7-16-15(9-8-14)10-18-11-17(16)13(3)4/h10-14,16,18H,5-9H2,1-4H3. The highest BCUT2D eigenvalue weighted by Crippen LogP contribution is 2.39. The van der Waals surface area contributed by atoms with E-state index < -0.39 is 0 Å². The molecule has 1 nitrogen and oxygen atoms in total. The van der Waals surface area contributed by atoms with Gasteiger partial charge in [-0.15, -0.1) is 0 Å². The zero-order valence-electron chi connectivity index (χ0n) is 12.5. The highest BCUT2D eigenvalue weighted by Gasteiger charge is 2.27. The summed E-state index contributed by atoms with van der Waals surface area (Å²) in [5.74, 6) is 3.19. The molecule has 2 aliphatic rings. The van der Waals surface area contributed by atoms with Gasteiger partial charge in [-0.05, 0) is 48.2 Å². The lowest BCUT2D eigenvalue weighted by atomic mass is 9.74. The molecule has 0 spiro atoms. The van der Waals surface area contributed by atoms with Crippen LogP contribution in [0.2, 0.25) is 0 Å². The average molecular weight is 247 g/mol. The summed E-state index contributed by atoms with van der Waals surface area (Å²) in [7, 11) is 0. The summed E-state index contributed by atoms with van der Waals surface area (Å²) in [5.41, 5.74) is 3.28. The third-order valence-electron chi connectivity index (χ3n) is 4.85. The van der Waals surface area contributed by atoms with Crippen molar-refractivity contribution in [1.82, 2.24) is 5.32 Å². The van der Waals surface area contributed by atoms with Gasteiger partial charge < -0.3 is 5.32 Å². The topological polar surface area (TPSA) is 12.0 Å². The second-order valence-corrected chi connectivity index (χ2v) is 6.71. The Kier molecular flexibility index (Phi) is 4.53. The predicted octanol–water partition coefficient (Wildman–Crippen LogP) is 4.87. The minimum atomic E-state index is 0.673. The van der Waals surface area contributed by atoms with Gasteiger partial charge in [0.25, 0.3) is 0 Å². The molecule has 1 fully saturated rings. The molecule has 0 bridgehead atoms. The van der Waals surface area contributed by atoms with Crippen LogP contribution in [-0.2, 0) is 0 Å². The summed E-state index contributed by atoms with van der Waals surface area (Å²) in [5, 5.41) is 3.38. The Balaban J connectivity index is 2.07. The number of rotatable bonds is 2. The quantitative estimate of drug-likeness (QED) is 0.734. The van der Waals surface area contributed by atoms with Gasteiger partial charge in [0.05, 0.1) is 0 Å². The minimum absolute atomic E-state index is 0.673. The van der Waals surface area contributed by atoms with Gasteiger partial charge in [-0.3, -0.25) is 0 Å². The SMILES string of the molecule is CC(C)C1=CNC=C2CCC(C(C)C)CCCC21. The lowest BCUT2D eigenvalue weighted by Crippen LogP contribution is -2.23. The molecule has 1 heteroatoms. The molecule has 1 aliphatic carbocycles. The zero-order valence-corrected chi connectivity index (χ0v) is 12.5. The molecule has 0 aromatic heterocycles. The van der Waals surface area contributed by atoms with E-state index in [9.17, 15) is 0 Å². The van der Waals surface area contributed by atoms with E-state index in [1.165, 1.54) is 32.1 Å². The molecule has 0 aromatic rings. The van der Waals surface area contributed by atoms with E-state index in [1.54, 1.807) is 11.1 Å². The summed E-state index contributed by atoms with van der Waals surface area (Å²) in [4.78, 5) is 0. The van der Waals surface area contributed by atoms with Gasteiger partial charge in [-0.2, -0.15) is 0 Å². The van der Waals surface area contributed by atoms with Gasteiger partial charge in [0.2, 0.25) is 0 Å². The number of fused-ring (bicyclic) bond motifs is 1. The Bertz CT molecular complexity index is 336. The maximum absolute atomic E-state index is 3.38. The number of allylic oxidation sites excluding steroid dienone is 2. The van der Waals surface area contributed by atoms with Crippen molar-refractivity contribution in [1.29, 1.82) is 0 Å². The first-order valence-corrected chi connectivity index (χ1v) is 7.74. The molecule has 1 N–H and O–H groups in total. The number of hydrogen-bond acceptors (Lipinski definition) is 1. The summed E-state index contributed by atoms with van der Waals surface area (Å²) in [6.45, 7) is 9.42.